The van der Waals surface area contributed by atoms with Crippen LogP contribution in [0.5, 0.6) is 0 Å². The molecule has 0 saturated carbocycles. The van der Waals surface area contributed by atoms with E-state index in [1.165, 1.54) is 12.1 Å². The largest absolute Gasteiger partial charge is 0.229 e. The van der Waals surface area contributed by atoms with E-state index >= 15 is 0 Å². The number of sulfone groups is 1. The van der Waals surface area contributed by atoms with Crippen molar-refractivity contribution in [1.29, 1.82) is 0 Å². The summed E-state index contributed by atoms with van der Waals surface area (Å²) in [5, 5.41) is 0. The molecule has 2 nitrogen and oxygen atoms in total. The van der Waals surface area contributed by atoms with Crippen LogP contribution in [0.3, 0.4) is 0 Å². The summed E-state index contributed by atoms with van der Waals surface area (Å²) < 4.78 is 35.7. The number of halogens is 2. The zero-order chi connectivity index (χ0) is 11.8. The lowest BCUT2D eigenvalue weighted by Crippen LogP contribution is -2.10. The third kappa shape index (κ3) is 2.63. The molecule has 0 amide bonds. The molecule has 88 valence electrons. The lowest BCUT2D eigenvalue weighted by molar-refractivity contribution is 0.574. The maximum Gasteiger partial charge on any atom is 0.150 e. The number of hydrogen-bond donors (Lipinski definition) is 0. The van der Waals surface area contributed by atoms with Gasteiger partial charge < -0.3 is 0 Å². The summed E-state index contributed by atoms with van der Waals surface area (Å²) in [5.41, 5.74) is 0.808. The van der Waals surface area contributed by atoms with Crippen molar-refractivity contribution in [2.24, 2.45) is 5.92 Å². The number of hydrogen-bond acceptors (Lipinski definition) is 2. The van der Waals surface area contributed by atoms with Crippen molar-refractivity contribution in [2.45, 2.75) is 11.2 Å². The summed E-state index contributed by atoms with van der Waals surface area (Å²) in [4.78, 5) is -0.0829. The molecule has 0 radical (unpaired) electrons. The van der Waals surface area contributed by atoms with E-state index in [0.717, 1.165) is 5.56 Å². The topological polar surface area (TPSA) is 34.1 Å². The van der Waals surface area contributed by atoms with Crippen LogP contribution < -0.4 is 0 Å². The quantitative estimate of drug-likeness (QED) is 0.787. The molecule has 1 heterocycles. The fraction of sp³-hybridized carbons (Fsp3) is 0.455. The molecule has 2 unspecified atom stereocenters. The van der Waals surface area contributed by atoms with Gasteiger partial charge in [-0.25, -0.2) is 12.8 Å². The molecule has 0 spiro atoms. The average molecular weight is 307 g/mol. The van der Waals surface area contributed by atoms with Gasteiger partial charge in [-0.3, -0.25) is 0 Å². The van der Waals surface area contributed by atoms with E-state index in [2.05, 4.69) is 15.9 Å². The molecule has 1 aromatic rings. The van der Waals surface area contributed by atoms with Crippen molar-refractivity contribution in [3.05, 3.63) is 35.6 Å². The third-order valence-electron chi connectivity index (χ3n) is 2.85. The van der Waals surface area contributed by atoms with Gasteiger partial charge in [-0.15, -0.1) is 0 Å². The summed E-state index contributed by atoms with van der Waals surface area (Å²) in [6.07, 6.45) is 0.648. The van der Waals surface area contributed by atoms with E-state index < -0.39 is 9.84 Å². The van der Waals surface area contributed by atoms with Gasteiger partial charge in [0, 0.05) is 4.83 Å². The molecule has 1 aromatic carbocycles. The first-order valence-electron chi connectivity index (χ1n) is 5.08. The van der Waals surface area contributed by atoms with Crippen molar-refractivity contribution < 1.29 is 12.8 Å². The van der Waals surface area contributed by atoms with Crippen LogP contribution in [0.15, 0.2) is 24.3 Å². The van der Waals surface area contributed by atoms with Crippen LogP contribution in [0.25, 0.3) is 0 Å². The highest BCUT2D eigenvalue weighted by Gasteiger charge is 2.33. The fourth-order valence-corrected chi connectivity index (χ4v) is 4.83. The Labute approximate surface area is 103 Å². The van der Waals surface area contributed by atoms with E-state index in [9.17, 15) is 12.8 Å². The first kappa shape index (κ1) is 12.0. The Morgan fingerprint density at radius 2 is 2.19 bits per heavy atom. The van der Waals surface area contributed by atoms with Crippen molar-refractivity contribution in [2.75, 3.05) is 11.5 Å². The van der Waals surface area contributed by atoms with Gasteiger partial charge in [-0.2, -0.15) is 0 Å². The van der Waals surface area contributed by atoms with Crippen LogP contribution in [0.4, 0.5) is 4.39 Å². The van der Waals surface area contributed by atoms with Gasteiger partial charge in [0.15, 0.2) is 9.84 Å². The van der Waals surface area contributed by atoms with Gasteiger partial charge in [0.05, 0.1) is 11.5 Å². The Hall–Kier alpha value is -0.420. The van der Waals surface area contributed by atoms with Crippen LogP contribution in [0, 0.1) is 11.7 Å². The summed E-state index contributed by atoms with van der Waals surface area (Å²) in [6, 6.07) is 6.29. The van der Waals surface area contributed by atoms with E-state index in [1.807, 2.05) is 6.07 Å². The van der Waals surface area contributed by atoms with Crippen LogP contribution in [0.1, 0.15) is 16.8 Å². The molecule has 16 heavy (non-hydrogen) atoms. The summed E-state index contributed by atoms with van der Waals surface area (Å²) in [7, 11) is -2.88. The van der Waals surface area contributed by atoms with Crippen LogP contribution in [-0.2, 0) is 9.84 Å². The van der Waals surface area contributed by atoms with Gasteiger partial charge >= 0.3 is 0 Å². The highest BCUT2D eigenvalue weighted by atomic mass is 79.9. The lowest BCUT2D eigenvalue weighted by Gasteiger charge is -2.16. The summed E-state index contributed by atoms with van der Waals surface area (Å²) >= 11 is 3.47. The Morgan fingerprint density at radius 1 is 1.44 bits per heavy atom. The van der Waals surface area contributed by atoms with E-state index in [4.69, 9.17) is 0 Å². The zero-order valence-electron chi connectivity index (χ0n) is 8.57. The number of rotatable bonds is 2. The molecule has 0 aliphatic carbocycles. The number of benzene rings is 1. The molecule has 1 fully saturated rings. The molecule has 5 heteroatoms. The molecular weight excluding hydrogens is 295 g/mol. The van der Waals surface area contributed by atoms with Crippen molar-refractivity contribution >= 4 is 25.8 Å². The standard InChI is InChI=1S/C11H12BrFO2S/c12-11(8-2-1-3-10(13)6-8)9-4-5-16(14,15)7-9/h1-3,6,9,11H,4-5,7H2. The second-order valence-corrected chi connectivity index (χ2v) is 7.34. The lowest BCUT2D eigenvalue weighted by atomic mass is 9.99. The molecule has 2 atom stereocenters. The Bertz CT molecular complexity index is 487. The number of alkyl halides is 1. The molecular formula is C11H12BrFO2S. The highest BCUT2D eigenvalue weighted by molar-refractivity contribution is 9.09. The van der Waals surface area contributed by atoms with Crippen molar-refractivity contribution in [3.63, 3.8) is 0 Å². The predicted molar refractivity (Wildman–Crippen MR) is 64.8 cm³/mol. The Morgan fingerprint density at radius 3 is 2.75 bits per heavy atom. The van der Waals surface area contributed by atoms with Crippen LogP contribution in [0.2, 0.25) is 0 Å². The van der Waals surface area contributed by atoms with Crippen LogP contribution in [-0.4, -0.2) is 19.9 Å². The zero-order valence-corrected chi connectivity index (χ0v) is 11.0. The molecule has 2 rings (SSSR count). The molecule has 0 bridgehead atoms. The second kappa shape index (κ2) is 4.45. The molecule has 0 N–H and O–H groups in total. The molecule has 1 saturated heterocycles. The predicted octanol–water partition coefficient (Wildman–Crippen LogP) is 2.70. The first-order chi connectivity index (χ1) is 7.48. The van der Waals surface area contributed by atoms with Gasteiger partial charge in [0.1, 0.15) is 5.82 Å². The summed E-state index contributed by atoms with van der Waals surface area (Å²) in [5.74, 6) is 0.198. The Kier molecular flexibility index (Phi) is 3.35. The van der Waals surface area contributed by atoms with E-state index in [0.29, 0.717) is 6.42 Å². The van der Waals surface area contributed by atoms with Gasteiger partial charge in [0.2, 0.25) is 0 Å². The minimum atomic E-state index is -2.88. The van der Waals surface area contributed by atoms with Gasteiger partial charge in [-0.05, 0) is 30.0 Å². The van der Waals surface area contributed by atoms with E-state index in [-0.39, 0.29) is 28.1 Å². The van der Waals surface area contributed by atoms with Gasteiger partial charge in [-0.1, -0.05) is 28.1 Å². The summed E-state index contributed by atoms with van der Waals surface area (Å²) in [6.45, 7) is 0. The average Bonchev–Trinajstić information content (AvgIpc) is 2.58. The SMILES string of the molecule is O=S1(=O)CCC(C(Br)c2cccc(F)c2)C1. The molecule has 1 aliphatic heterocycles. The second-order valence-electron chi connectivity index (χ2n) is 4.12. The first-order valence-corrected chi connectivity index (χ1v) is 7.81. The third-order valence-corrected chi connectivity index (χ3v) is 5.92. The van der Waals surface area contributed by atoms with Crippen molar-refractivity contribution in [1.82, 2.24) is 0 Å². The van der Waals surface area contributed by atoms with Gasteiger partial charge in [0.25, 0.3) is 0 Å². The minimum Gasteiger partial charge on any atom is -0.229 e. The van der Waals surface area contributed by atoms with Crippen molar-refractivity contribution in [3.8, 4) is 0 Å². The maximum absolute atomic E-state index is 13.0. The molecule has 0 aromatic heterocycles. The molecule has 1 aliphatic rings. The minimum absolute atomic E-state index is 0.0480. The fourth-order valence-electron chi connectivity index (χ4n) is 2.00. The highest BCUT2D eigenvalue weighted by Crippen LogP contribution is 2.37. The van der Waals surface area contributed by atoms with Crippen LogP contribution >= 0.6 is 15.9 Å². The normalized spacial score (nSPS) is 25.5. The smallest absolute Gasteiger partial charge is 0.150 e. The monoisotopic (exact) mass is 306 g/mol. The Balaban J connectivity index is 2.17. The maximum atomic E-state index is 13.0. The van der Waals surface area contributed by atoms with E-state index in [1.54, 1.807) is 6.07 Å².